The highest BCUT2D eigenvalue weighted by molar-refractivity contribution is 6.06. The van der Waals surface area contributed by atoms with Crippen molar-refractivity contribution in [1.82, 2.24) is 0 Å². The number of benzene rings is 9. The minimum Gasteiger partial charge on any atom is -0.310 e. The fraction of sp³-hybridized carbons (Fsp3) is 0.0714. The van der Waals surface area contributed by atoms with Crippen molar-refractivity contribution in [2.45, 2.75) is 25.2 Å². The van der Waals surface area contributed by atoms with Gasteiger partial charge in [0.1, 0.15) is 0 Å². The number of hydrogen-bond acceptors (Lipinski definition) is 1. The number of anilines is 3. The Morgan fingerprint density at radius 1 is 0.404 bits per heavy atom. The smallest absolute Gasteiger partial charge is 0.0714 e. The lowest BCUT2D eigenvalue weighted by Crippen LogP contribution is -2.28. The topological polar surface area (TPSA) is 3.24 Å². The summed E-state index contributed by atoms with van der Waals surface area (Å²) in [6.07, 6.45) is 0. The Morgan fingerprint density at radius 2 is 0.982 bits per heavy atom. The molecule has 0 amide bonds. The van der Waals surface area contributed by atoms with Crippen LogP contribution in [0.25, 0.3) is 44.2 Å². The van der Waals surface area contributed by atoms with Gasteiger partial charge in [-0.3, -0.25) is 0 Å². The van der Waals surface area contributed by atoms with E-state index in [1.54, 1.807) is 0 Å². The molecule has 57 heavy (non-hydrogen) atoms. The highest BCUT2D eigenvalue weighted by Gasteiger charge is 2.46. The van der Waals surface area contributed by atoms with E-state index < -0.39 is 5.41 Å². The van der Waals surface area contributed by atoms with Crippen LogP contribution in [0.4, 0.5) is 17.1 Å². The second-order valence-electron chi connectivity index (χ2n) is 15.4. The Hall–Kier alpha value is -6.96. The molecule has 0 unspecified atom stereocenters. The van der Waals surface area contributed by atoms with Gasteiger partial charge in [0.25, 0.3) is 0 Å². The summed E-state index contributed by atoms with van der Waals surface area (Å²) in [6, 6.07) is 80.6. The van der Waals surface area contributed by atoms with E-state index in [9.17, 15) is 0 Å². The maximum absolute atomic E-state index is 2.51. The summed E-state index contributed by atoms with van der Waals surface area (Å²) in [6.45, 7) is 4.60. The zero-order valence-corrected chi connectivity index (χ0v) is 32.3. The first-order valence-electron chi connectivity index (χ1n) is 20.0. The van der Waals surface area contributed by atoms with E-state index >= 15 is 0 Å². The first kappa shape index (κ1) is 34.5. The third-order valence-corrected chi connectivity index (χ3v) is 11.9. The van der Waals surface area contributed by atoms with Gasteiger partial charge in [-0.25, -0.2) is 0 Å². The predicted octanol–water partition coefficient (Wildman–Crippen LogP) is 15.1. The quantitative estimate of drug-likeness (QED) is 0.151. The predicted molar refractivity (Wildman–Crippen MR) is 241 cm³/mol. The molecule has 10 rings (SSSR count). The molecule has 0 atom stereocenters. The van der Waals surface area contributed by atoms with Crippen molar-refractivity contribution in [1.29, 1.82) is 0 Å². The number of rotatable bonds is 8. The highest BCUT2D eigenvalue weighted by atomic mass is 15.1. The van der Waals surface area contributed by atoms with Crippen LogP contribution in [0.5, 0.6) is 0 Å². The van der Waals surface area contributed by atoms with Gasteiger partial charge in [-0.2, -0.15) is 0 Å². The summed E-state index contributed by atoms with van der Waals surface area (Å²) in [7, 11) is 0. The fourth-order valence-electron chi connectivity index (χ4n) is 9.41. The molecular weight excluding hydrogens is 687 g/mol. The molecule has 0 radical (unpaired) electrons. The number of hydrogen-bond donors (Lipinski definition) is 0. The van der Waals surface area contributed by atoms with Gasteiger partial charge in [-0.15, -0.1) is 0 Å². The van der Waals surface area contributed by atoms with Gasteiger partial charge in [-0.1, -0.05) is 202 Å². The molecular formula is C56H43N. The van der Waals surface area contributed by atoms with Gasteiger partial charge in [0, 0.05) is 16.9 Å². The van der Waals surface area contributed by atoms with E-state index in [1.807, 2.05) is 0 Å². The minimum atomic E-state index is -0.515. The molecule has 1 aliphatic carbocycles. The molecule has 0 bridgehead atoms. The van der Waals surface area contributed by atoms with Gasteiger partial charge in [0.05, 0.1) is 11.1 Å². The maximum atomic E-state index is 2.51. The summed E-state index contributed by atoms with van der Waals surface area (Å²) in [5.41, 5.74) is 16.7. The summed E-state index contributed by atoms with van der Waals surface area (Å²) in [5.74, 6) is 0.346. The largest absolute Gasteiger partial charge is 0.310 e. The van der Waals surface area contributed by atoms with E-state index in [-0.39, 0.29) is 0 Å². The molecule has 272 valence electrons. The monoisotopic (exact) mass is 729 g/mol. The van der Waals surface area contributed by atoms with Crippen LogP contribution in [0.1, 0.15) is 47.6 Å². The third-order valence-electron chi connectivity index (χ3n) is 11.9. The van der Waals surface area contributed by atoms with E-state index in [0.29, 0.717) is 5.92 Å². The third kappa shape index (κ3) is 5.69. The molecule has 0 heterocycles. The van der Waals surface area contributed by atoms with E-state index in [1.165, 1.54) is 72.0 Å². The summed E-state index contributed by atoms with van der Waals surface area (Å²) in [5, 5.41) is 2.47. The van der Waals surface area contributed by atoms with Crippen molar-refractivity contribution < 1.29 is 0 Å². The second-order valence-corrected chi connectivity index (χ2v) is 15.4. The molecule has 1 heteroatoms. The van der Waals surface area contributed by atoms with Crippen LogP contribution in [-0.2, 0) is 5.41 Å². The van der Waals surface area contributed by atoms with Crippen LogP contribution in [0.2, 0.25) is 0 Å². The number of nitrogens with zero attached hydrogens (tertiary/aromatic N) is 1. The first-order valence-corrected chi connectivity index (χ1v) is 20.0. The summed E-state index contributed by atoms with van der Waals surface area (Å²) < 4.78 is 0. The molecule has 0 saturated heterocycles. The molecule has 9 aromatic carbocycles. The average molecular weight is 730 g/mol. The van der Waals surface area contributed by atoms with Crippen molar-refractivity contribution in [3.8, 4) is 33.4 Å². The van der Waals surface area contributed by atoms with Crippen LogP contribution in [-0.4, -0.2) is 0 Å². The zero-order valence-electron chi connectivity index (χ0n) is 32.3. The van der Waals surface area contributed by atoms with Gasteiger partial charge in [0.15, 0.2) is 0 Å². The van der Waals surface area contributed by atoms with Crippen LogP contribution >= 0.6 is 0 Å². The first-order chi connectivity index (χ1) is 28.1. The molecule has 0 aromatic heterocycles. The molecule has 9 aromatic rings. The average Bonchev–Trinajstić information content (AvgIpc) is 3.58. The SMILES string of the molecule is CC(C)c1ccccc1-c1c(N(c2cccc(-c3ccccc3)c2)c2ccc3c(c2)C(c2ccccc2)(c2ccccc2)c2ccccc2-3)ccc2ccccc12. The Kier molecular flexibility index (Phi) is 8.65. The standard InChI is InChI=1S/C56H43N/c1-39(2)47-28-14-15-31-51(47)55-48-29-13-12-21-41(48)33-36-54(55)57(45-27-18-22-42(37-45)40-19-6-3-7-20-40)46-34-35-50-49-30-16-17-32-52(49)56(53(50)38-46,43-23-8-4-9-24-43)44-25-10-5-11-26-44/h3-39H,1-2H3. The molecule has 0 N–H and O–H groups in total. The Morgan fingerprint density at radius 3 is 1.72 bits per heavy atom. The van der Waals surface area contributed by atoms with Crippen molar-refractivity contribution in [2.75, 3.05) is 4.90 Å². The van der Waals surface area contributed by atoms with Crippen LogP contribution in [0, 0.1) is 0 Å². The zero-order chi connectivity index (χ0) is 38.3. The van der Waals surface area contributed by atoms with E-state index in [0.717, 1.165) is 17.1 Å². The van der Waals surface area contributed by atoms with Crippen LogP contribution < -0.4 is 4.90 Å². The Labute approximate surface area is 336 Å². The molecule has 0 aliphatic heterocycles. The molecule has 0 saturated carbocycles. The lowest BCUT2D eigenvalue weighted by molar-refractivity contribution is 0.768. The van der Waals surface area contributed by atoms with Crippen LogP contribution in [0.3, 0.4) is 0 Å². The molecule has 0 spiro atoms. The van der Waals surface area contributed by atoms with Gasteiger partial charge in [-0.05, 0) is 103 Å². The lowest BCUT2D eigenvalue weighted by atomic mass is 9.67. The van der Waals surface area contributed by atoms with Crippen molar-refractivity contribution in [3.63, 3.8) is 0 Å². The lowest BCUT2D eigenvalue weighted by Gasteiger charge is -2.35. The maximum Gasteiger partial charge on any atom is 0.0714 e. The van der Waals surface area contributed by atoms with Gasteiger partial charge >= 0.3 is 0 Å². The van der Waals surface area contributed by atoms with Crippen molar-refractivity contribution in [2.24, 2.45) is 0 Å². The van der Waals surface area contributed by atoms with Crippen molar-refractivity contribution in [3.05, 3.63) is 246 Å². The fourth-order valence-corrected chi connectivity index (χ4v) is 9.41. The van der Waals surface area contributed by atoms with Gasteiger partial charge < -0.3 is 4.90 Å². The van der Waals surface area contributed by atoms with Gasteiger partial charge in [0.2, 0.25) is 0 Å². The Bertz CT molecular complexity index is 2830. The number of fused-ring (bicyclic) bond motifs is 4. The normalized spacial score (nSPS) is 12.7. The second kappa shape index (κ2) is 14.3. The Balaban J connectivity index is 1.31. The highest BCUT2D eigenvalue weighted by Crippen LogP contribution is 2.57. The summed E-state index contributed by atoms with van der Waals surface area (Å²) >= 11 is 0. The molecule has 0 fully saturated rings. The molecule has 1 nitrogen and oxygen atoms in total. The van der Waals surface area contributed by atoms with E-state index in [2.05, 4.69) is 237 Å². The summed E-state index contributed by atoms with van der Waals surface area (Å²) in [4.78, 5) is 2.51. The molecule has 1 aliphatic rings. The van der Waals surface area contributed by atoms with Crippen molar-refractivity contribution >= 4 is 27.8 Å². The van der Waals surface area contributed by atoms with Crippen LogP contribution in [0.15, 0.2) is 218 Å². The van der Waals surface area contributed by atoms with E-state index in [4.69, 9.17) is 0 Å². The minimum absolute atomic E-state index is 0.346.